The molecule has 1 heterocycles. The fraction of sp³-hybridized carbons (Fsp3) is 0.667. The van der Waals surface area contributed by atoms with Gasteiger partial charge in [0, 0.05) is 12.6 Å². The Bertz CT molecular complexity index is 332. The minimum atomic E-state index is 0.0738. The highest BCUT2D eigenvalue weighted by Gasteiger charge is 2.18. The lowest BCUT2D eigenvalue weighted by molar-refractivity contribution is -0.121. The molecule has 0 aliphatic rings. The summed E-state index contributed by atoms with van der Waals surface area (Å²) in [6, 6.07) is 1.85. The molecule has 0 fully saturated rings. The second-order valence-corrected chi connectivity index (χ2v) is 5.06. The van der Waals surface area contributed by atoms with Crippen molar-refractivity contribution in [3.05, 3.63) is 18.0 Å². The number of nitrogens with zero attached hydrogens (tertiary/aromatic N) is 1. The predicted molar refractivity (Wildman–Crippen MR) is 67.1 cm³/mol. The van der Waals surface area contributed by atoms with Crippen molar-refractivity contribution in [3.8, 4) is 0 Å². The molecule has 1 aromatic heterocycles. The first-order chi connectivity index (χ1) is 8.03. The first-order valence-electron chi connectivity index (χ1n) is 5.98. The van der Waals surface area contributed by atoms with Crippen LogP contribution in [0.3, 0.4) is 0 Å². The van der Waals surface area contributed by atoms with Gasteiger partial charge in [0.25, 0.3) is 0 Å². The Morgan fingerprint density at radius 2 is 2.29 bits per heavy atom. The molecule has 0 spiro atoms. The molecule has 4 N–H and O–H groups in total. The van der Waals surface area contributed by atoms with E-state index in [-0.39, 0.29) is 11.3 Å². The minimum absolute atomic E-state index is 0.0738. The summed E-state index contributed by atoms with van der Waals surface area (Å²) in [5.41, 5.74) is 6.59. The van der Waals surface area contributed by atoms with Gasteiger partial charge in [0.1, 0.15) is 0 Å². The monoisotopic (exact) mass is 238 g/mol. The minimum Gasteiger partial charge on any atom is -0.350 e. The molecule has 0 saturated carbocycles. The summed E-state index contributed by atoms with van der Waals surface area (Å²) in [7, 11) is 0. The molecule has 1 aromatic rings. The van der Waals surface area contributed by atoms with Crippen LogP contribution in [0, 0.1) is 5.41 Å². The Morgan fingerprint density at radius 3 is 2.88 bits per heavy atom. The van der Waals surface area contributed by atoms with Crippen LogP contribution < -0.4 is 11.1 Å². The molecule has 0 aromatic carbocycles. The van der Waals surface area contributed by atoms with Crippen LogP contribution in [0.5, 0.6) is 0 Å². The van der Waals surface area contributed by atoms with Crippen LogP contribution in [-0.2, 0) is 11.3 Å². The molecule has 0 saturated heterocycles. The number of nitrogens with two attached hydrogens (primary N) is 1. The van der Waals surface area contributed by atoms with Crippen molar-refractivity contribution in [1.29, 1.82) is 0 Å². The van der Waals surface area contributed by atoms with E-state index in [2.05, 4.69) is 29.4 Å². The highest BCUT2D eigenvalue weighted by Crippen LogP contribution is 2.25. The molecule has 5 nitrogen and oxygen atoms in total. The maximum absolute atomic E-state index is 11.6. The van der Waals surface area contributed by atoms with Gasteiger partial charge in [-0.2, -0.15) is 5.10 Å². The average molecular weight is 238 g/mol. The number of H-pyrrole nitrogens is 1. The van der Waals surface area contributed by atoms with Crippen molar-refractivity contribution in [2.75, 3.05) is 6.54 Å². The van der Waals surface area contributed by atoms with E-state index >= 15 is 0 Å². The van der Waals surface area contributed by atoms with E-state index in [0.717, 1.165) is 18.5 Å². The van der Waals surface area contributed by atoms with Gasteiger partial charge >= 0.3 is 0 Å². The largest absolute Gasteiger partial charge is 0.350 e. The van der Waals surface area contributed by atoms with Crippen LogP contribution in [0.4, 0.5) is 0 Å². The van der Waals surface area contributed by atoms with Gasteiger partial charge in [0.05, 0.1) is 12.2 Å². The van der Waals surface area contributed by atoms with E-state index in [9.17, 15) is 4.79 Å². The molecule has 17 heavy (non-hydrogen) atoms. The second kappa shape index (κ2) is 6.39. The van der Waals surface area contributed by atoms with Gasteiger partial charge in [-0.05, 0) is 30.9 Å². The van der Waals surface area contributed by atoms with Gasteiger partial charge in [-0.15, -0.1) is 0 Å². The Hall–Kier alpha value is -1.36. The number of amides is 1. The van der Waals surface area contributed by atoms with E-state index in [1.807, 2.05) is 6.07 Å². The van der Waals surface area contributed by atoms with Crippen molar-refractivity contribution in [3.63, 3.8) is 0 Å². The topological polar surface area (TPSA) is 83.8 Å². The number of aromatic nitrogens is 2. The zero-order chi connectivity index (χ0) is 12.7. The predicted octanol–water partition coefficient (Wildman–Crippen LogP) is 1.18. The van der Waals surface area contributed by atoms with Crippen molar-refractivity contribution < 1.29 is 4.79 Å². The van der Waals surface area contributed by atoms with Crippen LogP contribution in [0.25, 0.3) is 0 Å². The quantitative estimate of drug-likeness (QED) is 0.667. The molecule has 5 heteroatoms. The molecule has 0 bridgehead atoms. The van der Waals surface area contributed by atoms with E-state index in [1.165, 1.54) is 0 Å². The third kappa shape index (κ3) is 5.49. The molecule has 1 rings (SSSR count). The molecule has 1 amide bonds. The lowest BCUT2D eigenvalue weighted by Crippen LogP contribution is -2.25. The van der Waals surface area contributed by atoms with Crippen LogP contribution in [-0.4, -0.2) is 22.6 Å². The summed E-state index contributed by atoms with van der Waals surface area (Å²) in [4.78, 5) is 11.6. The summed E-state index contributed by atoms with van der Waals surface area (Å²) in [6.07, 6.45) is 4.02. The van der Waals surface area contributed by atoms with E-state index < -0.39 is 0 Å². The third-order valence-corrected chi connectivity index (χ3v) is 2.88. The maximum Gasteiger partial charge on any atom is 0.220 e. The molecular formula is C12H22N4O. The summed E-state index contributed by atoms with van der Waals surface area (Å²) in [5.74, 6) is 0.0738. The average Bonchev–Trinajstić information content (AvgIpc) is 2.76. The Kier molecular flexibility index (Phi) is 5.15. The third-order valence-electron chi connectivity index (χ3n) is 2.88. The van der Waals surface area contributed by atoms with Gasteiger partial charge < -0.3 is 11.1 Å². The van der Waals surface area contributed by atoms with Gasteiger partial charge in [0.15, 0.2) is 0 Å². The van der Waals surface area contributed by atoms with E-state index in [4.69, 9.17) is 5.73 Å². The molecular weight excluding hydrogens is 216 g/mol. The molecule has 0 unspecified atom stereocenters. The molecule has 0 atom stereocenters. The number of aromatic amines is 1. The van der Waals surface area contributed by atoms with Crippen molar-refractivity contribution in [2.24, 2.45) is 11.1 Å². The number of carbonyl (C=O) groups is 1. The maximum atomic E-state index is 11.6. The van der Waals surface area contributed by atoms with Crippen LogP contribution in [0.2, 0.25) is 0 Å². The number of hydrogen-bond donors (Lipinski definition) is 3. The Balaban J connectivity index is 2.21. The smallest absolute Gasteiger partial charge is 0.220 e. The second-order valence-electron chi connectivity index (χ2n) is 5.06. The fourth-order valence-electron chi connectivity index (χ4n) is 1.63. The first-order valence-corrected chi connectivity index (χ1v) is 5.98. The van der Waals surface area contributed by atoms with Crippen molar-refractivity contribution in [1.82, 2.24) is 15.5 Å². The van der Waals surface area contributed by atoms with Gasteiger partial charge in [-0.3, -0.25) is 9.89 Å². The summed E-state index contributed by atoms with van der Waals surface area (Å²) < 4.78 is 0. The fourth-order valence-corrected chi connectivity index (χ4v) is 1.63. The van der Waals surface area contributed by atoms with E-state index in [0.29, 0.717) is 19.5 Å². The number of carbonyl (C=O) groups excluding carboxylic acids is 1. The van der Waals surface area contributed by atoms with Crippen LogP contribution in [0.15, 0.2) is 12.3 Å². The standard InChI is InChI=1S/C12H22N4O/c1-12(2,6-7-13)5-3-11(17)14-9-10-4-8-15-16-10/h4,8H,3,5-7,9,13H2,1-2H3,(H,14,17)(H,15,16). The highest BCUT2D eigenvalue weighted by atomic mass is 16.1. The number of nitrogens with one attached hydrogen (secondary N) is 2. The van der Waals surface area contributed by atoms with Crippen molar-refractivity contribution >= 4 is 5.91 Å². The van der Waals surface area contributed by atoms with Gasteiger partial charge in [-0.25, -0.2) is 0 Å². The zero-order valence-electron chi connectivity index (χ0n) is 10.6. The summed E-state index contributed by atoms with van der Waals surface area (Å²) >= 11 is 0. The lowest BCUT2D eigenvalue weighted by Gasteiger charge is -2.23. The normalized spacial score (nSPS) is 11.5. The van der Waals surface area contributed by atoms with Crippen LogP contribution >= 0.6 is 0 Å². The van der Waals surface area contributed by atoms with Crippen LogP contribution in [0.1, 0.15) is 38.8 Å². The summed E-state index contributed by atoms with van der Waals surface area (Å²) in [6.45, 7) is 5.46. The summed E-state index contributed by atoms with van der Waals surface area (Å²) in [5, 5.41) is 9.48. The SMILES string of the molecule is CC(C)(CCN)CCC(=O)NCc1ccn[nH]1. The van der Waals surface area contributed by atoms with E-state index in [1.54, 1.807) is 6.20 Å². The Labute approximate surface area is 102 Å². The zero-order valence-corrected chi connectivity index (χ0v) is 10.6. The highest BCUT2D eigenvalue weighted by molar-refractivity contribution is 5.75. The molecule has 0 aliphatic heterocycles. The van der Waals surface area contributed by atoms with Gasteiger partial charge in [-0.1, -0.05) is 13.8 Å². The lowest BCUT2D eigenvalue weighted by atomic mass is 9.84. The number of hydrogen-bond acceptors (Lipinski definition) is 3. The van der Waals surface area contributed by atoms with Crippen molar-refractivity contribution in [2.45, 2.75) is 39.7 Å². The van der Waals surface area contributed by atoms with Gasteiger partial charge in [0.2, 0.25) is 5.91 Å². The number of rotatable bonds is 7. The Morgan fingerprint density at radius 1 is 1.53 bits per heavy atom. The molecule has 0 aliphatic carbocycles. The molecule has 96 valence electrons. The molecule has 0 radical (unpaired) electrons. The first kappa shape index (κ1) is 13.7.